The molecular formula is C14H10N4O. The molecule has 0 amide bonds. The fourth-order valence-corrected chi connectivity index (χ4v) is 1.52. The van der Waals surface area contributed by atoms with Crippen LogP contribution in [-0.4, -0.2) is 9.97 Å². The van der Waals surface area contributed by atoms with Gasteiger partial charge in [0.25, 0.3) is 0 Å². The van der Waals surface area contributed by atoms with Crippen LogP contribution in [0.2, 0.25) is 0 Å². The van der Waals surface area contributed by atoms with Crippen LogP contribution in [0, 0.1) is 36.5 Å². The van der Waals surface area contributed by atoms with E-state index in [0.717, 1.165) is 5.56 Å². The molecule has 1 aromatic heterocycles. The van der Waals surface area contributed by atoms with E-state index < -0.39 is 0 Å². The maximum absolute atomic E-state index is 8.87. The first-order valence-corrected chi connectivity index (χ1v) is 5.57. The van der Waals surface area contributed by atoms with E-state index in [2.05, 4.69) is 9.97 Å². The van der Waals surface area contributed by atoms with Crippen LogP contribution >= 0.6 is 0 Å². The lowest BCUT2D eigenvalue weighted by Gasteiger charge is -2.07. The Labute approximate surface area is 110 Å². The van der Waals surface area contributed by atoms with Gasteiger partial charge in [-0.2, -0.15) is 15.5 Å². The molecule has 0 bridgehead atoms. The summed E-state index contributed by atoms with van der Waals surface area (Å²) in [4.78, 5) is 8.07. The van der Waals surface area contributed by atoms with Gasteiger partial charge in [-0.05, 0) is 37.6 Å². The zero-order valence-corrected chi connectivity index (χ0v) is 10.5. The summed E-state index contributed by atoms with van der Waals surface area (Å²) in [6, 6.07) is 10.8. The van der Waals surface area contributed by atoms with Crippen LogP contribution in [0.1, 0.15) is 22.5 Å². The second-order valence-electron chi connectivity index (χ2n) is 3.98. The average Bonchev–Trinajstić information content (AvgIpc) is 2.40. The minimum Gasteiger partial charge on any atom is -0.424 e. The van der Waals surface area contributed by atoms with Crippen molar-refractivity contribution in [3.05, 3.63) is 46.8 Å². The summed E-state index contributed by atoms with van der Waals surface area (Å²) >= 11 is 0. The first-order chi connectivity index (χ1) is 9.12. The molecular weight excluding hydrogens is 240 g/mol. The second-order valence-corrected chi connectivity index (χ2v) is 3.98. The molecule has 0 fully saturated rings. The average molecular weight is 250 g/mol. The largest absolute Gasteiger partial charge is 0.424 e. The van der Waals surface area contributed by atoms with Crippen LogP contribution in [0.15, 0.2) is 24.3 Å². The van der Waals surface area contributed by atoms with Crippen LogP contribution in [-0.2, 0) is 0 Å². The van der Waals surface area contributed by atoms with E-state index in [-0.39, 0.29) is 11.7 Å². The number of hydrogen-bond donors (Lipinski definition) is 0. The number of ether oxygens (including phenoxy) is 1. The highest BCUT2D eigenvalue weighted by Crippen LogP contribution is 2.24. The van der Waals surface area contributed by atoms with Crippen LogP contribution < -0.4 is 4.74 Å². The van der Waals surface area contributed by atoms with Gasteiger partial charge in [0.15, 0.2) is 0 Å². The molecule has 0 aliphatic rings. The first kappa shape index (κ1) is 12.5. The maximum atomic E-state index is 8.87. The molecule has 5 heteroatoms. The van der Waals surface area contributed by atoms with E-state index >= 15 is 0 Å². The predicted molar refractivity (Wildman–Crippen MR) is 67.5 cm³/mol. The van der Waals surface area contributed by atoms with Gasteiger partial charge in [-0.1, -0.05) is 6.07 Å². The van der Waals surface area contributed by atoms with Crippen molar-refractivity contribution in [2.75, 3.05) is 0 Å². The number of aromatic nitrogens is 2. The molecule has 0 aliphatic carbocycles. The molecule has 0 spiro atoms. The third-order valence-corrected chi connectivity index (χ3v) is 2.47. The quantitative estimate of drug-likeness (QED) is 0.818. The van der Waals surface area contributed by atoms with E-state index in [4.69, 9.17) is 15.3 Å². The van der Waals surface area contributed by atoms with Gasteiger partial charge in [-0.25, -0.2) is 4.98 Å². The molecule has 5 nitrogen and oxygen atoms in total. The lowest BCUT2D eigenvalue weighted by atomic mass is 10.1. The van der Waals surface area contributed by atoms with Crippen molar-refractivity contribution in [2.24, 2.45) is 0 Å². The highest BCUT2D eigenvalue weighted by Gasteiger charge is 2.07. The smallest absolute Gasteiger partial charge is 0.323 e. The minimum atomic E-state index is 0.106. The lowest BCUT2D eigenvalue weighted by molar-refractivity contribution is 0.436. The van der Waals surface area contributed by atoms with Crippen molar-refractivity contribution in [2.45, 2.75) is 13.8 Å². The summed E-state index contributed by atoms with van der Waals surface area (Å²) in [7, 11) is 0. The Morgan fingerprint density at radius 3 is 2.53 bits per heavy atom. The Balaban J connectivity index is 2.39. The van der Waals surface area contributed by atoms with Crippen molar-refractivity contribution < 1.29 is 4.74 Å². The fourth-order valence-electron chi connectivity index (χ4n) is 1.52. The monoisotopic (exact) mass is 250 g/mol. The lowest BCUT2D eigenvalue weighted by Crippen LogP contribution is -1.97. The first-order valence-electron chi connectivity index (χ1n) is 5.57. The molecule has 0 saturated carbocycles. The molecule has 0 unspecified atom stereocenters. The molecule has 2 aromatic rings. The summed E-state index contributed by atoms with van der Waals surface area (Å²) in [5.41, 5.74) is 2.25. The molecule has 1 heterocycles. The standard InChI is InChI=1S/C14H10N4O/c1-9-3-4-11(7-15)6-13(9)19-14-17-10(2)5-12(8-16)18-14/h3-6H,1-2H3. The zero-order chi connectivity index (χ0) is 13.8. The summed E-state index contributed by atoms with van der Waals surface area (Å²) in [5, 5.41) is 17.7. The predicted octanol–water partition coefficient (Wildman–Crippen LogP) is 2.63. The Morgan fingerprint density at radius 2 is 1.84 bits per heavy atom. The zero-order valence-electron chi connectivity index (χ0n) is 10.5. The molecule has 0 atom stereocenters. The molecule has 0 aliphatic heterocycles. The summed E-state index contributed by atoms with van der Waals surface area (Å²) in [5.74, 6) is 0.508. The Hall–Kier alpha value is -2.92. The van der Waals surface area contributed by atoms with Gasteiger partial charge in [0, 0.05) is 5.69 Å². The molecule has 19 heavy (non-hydrogen) atoms. The van der Waals surface area contributed by atoms with Crippen LogP contribution in [0.3, 0.4) is 0 Å². The molecule has 0 saturated heterocycles. The minimum absolute atomic E-state index is 0.106. The van der Waals surface area contributed by atoms with Gasteiger partial charge < -0.3 is 4.74 Å². The number of aryl methyl sites for hydroxylation is 2. The van der Waals surface area contributed by atoms with Gasteiger partial charge in [0.05, 0.1) is 11.6 Å². The van der Waals surface area contributed by atoms with Gasteiger partial charge in [0.1, 0.15) is 17.5 Å². The van der Waals surface area contributed by atoms with Crippen molar-refractivity contribution in [3.63, 3.8) is 0 Å². The number of nitrogens with zero attached hydrogens (tertiary/aromatic N) is 4. The molecule has 0 radical (unpaired) electrons. The summed E-state index contributed by atoms with van der Waals surface area (Å²) in [6.07, 6.45) is 0. The Morgan fingerprint density at radius 1 is 1.05 bits per heavy atom. The number of rotatable bonds is 2. The fraction of sp³-hybridized carbons (Fsp3) is 0.143. The van der Waals surface area contributed by atoms with Gasteiger partial charge in [-0.3, -0.25) is 0 Å². The topological polar surface area (TPSA) is 82.6 Å². The third kappa shape index (κ3) is 2.85. The van der Waals surface area contributed by atoms with Gasteiger partial charge in [0.2, 0.25) is 0 Å². The van der Waals surface area contributed by atoms with Crippen LogP contribution in [0.25, 0.3) is 0 Å². The highest BCUT2D eigenvalue weighted by atomic mass is 16.5. The molecule has 92 valence electrons. The number of hydrogen-bond acceptors (Lipinski definition) is 5. The van der Waals surface area contributed by atoms with Crippen molar-refractivity contribution in [3.8, 4) is 23.9 Å². The van der Waals surface area contributed by atoms with Crippen molar-refractivity contribution >= 4 is 0 Å². The van der Waals surface area contributed by atoms with Crippen molar-refractivity contribution in [1.82, 2.24) is 9.97 Å². The SMILES string of the molecule is Cc1cc(C#N)nc(Oc2cc(C#N)ccc2C)n1. The third-order valence-electron chi connectivity index (χ3n) is 2.47. The number of benzene rings is 1. The maximum Gasteiger partial charge on any atom is 0.323 e. The van der Waals surface area contributed by atoms with Crippen LogP contribution in [0.5, 0.6) is 11.8 Å². The van der Waals surface area contributed by atoms with Crippen LogP contribution in [0.4, 0.5) is 0 Å². The van der Waals surface area contributed by atoms with Gasteiger partial charge >= 0.3 is 6.01 Å². The van der Waals surface area contributed by atoms with Gasteiger partial charge in [-0.15, -0.1) is 0 Å². The molecule has 1 aromatic carbocycles. The Kier molecular flexibility index (Phi) is 3.40. The van der Waals surface area contributed by atoms with E-state index in [1.807, 2.05) is 19.1 Å². The molecule has 0 N–H and O–H groups in total. The summed E-state index contributed by atoms with van der Waals surface area (Å²) < 4.78 is 5.55. The van der Waals surface area contributed by atoms with E-state index in [1.54, 1.807) is 31.2 Å². The highest BCUT2D eigenvalue weighted by molar-refractivity contribution is 5.43. The Bertz CT molecular complexity index is 710. The van der Waals surface area contributed by atoms with E-state index in [1.165, 1.54) is 0 Å². The molecule has 2 rings (SSSR count). The summed E-state index contributed by atoms with van der Waals surface area (Å²) in [6.45, 7) is 3.62. The normalized spacial score (nSPS) is 9.47. The van der Waals surface area contributed by atoms with Crippen molar-refractivity contribution in [1.29, 1.82) is 10.5 Å². The van der Waals surface area contributed by atoms with E-state index in [9.17, 15) is 0 Å². The number of nitriles is 2. The second kappa shape index (κ2) is 5.16. The van der Waals surface area contributed by atoms with E-state index in [0.29, 0.717) is 17.0 Å².